The van der Waals surface area contributed by atoms with Crippen molar-refractivity contribution in [3.05, 3.63) is 0 Å². The van der Waals surface area contributed by atoms with E-state index in [0.717, 1.165) is 0 Å². The van der Waals surface area contributed by atoms with Crippen molar-refractivity contribution in [1.82, 2.24) is 0 Å². The van der Waals surface area contributed by atoms with E-state index in [1.807, 2.05) is 0 Å². The average Bonchev–Trinajstić information content (AvgIpc) is 0.918. The van der Waals surface area contributed by atoms with E-state index in [0.29, 0.717) is 0 Å². The molecule has 36 valence electrons. The molecule has 0 unspecified atom stereocenters. The Kier molecular flexibility index (Phi) is 128. The zero-order valence-corrected chi connectivity index (χ0v) is 6.11. The minimum Gasteiger partial charge on any atom is -0.0104 e. The Hall–Kier alpha value is 1.65. The van der Waals surface area contributed by atoms with E-state index in [1.165, 1.54) is 5.15 Å². The maximum absolute atomic E-state index is 9.12. The van der Waals surface area contributed by atoms with Crippen LogP contribution >= 0.6 is 0 Å². The Morgan fingerprint density at radius 3 is 1.17 bits per heavy atom. The fraction of sp³-hybridized carbons (Fsp3) is 0. The van der Waals surface area contributed by atoms with Gasteiger partial charge in [0.05, 0.1) is 0 Å². The van der Waals surface area contributed by atoms with Crippen molar-refractivity contribution >= 4 is 18.9 Å². The molecule has 0 aromatic carbocycles. The molecule has 0 aliphatic rings. The average molecular weight is 213 g/mol. The minimum atomic E-state index is 0. The van der Waals surface area contributed by atoms with Crippen LogP contribution < -0.4 is 0 Å². The Balaban J connectivity index is -0.00000000667. The Labute approximate surface area is 71.6 Å². The second-order valence-corrected chi connectivity index (χ2v) is 0.0583. The first kappa shape index (κ1) is 25.4. The smallest absolute Gasteiger partial charge is 0.0104 e. The zero-order valence-electron chi connectivity index (χ0n) is 2.93. The number of halogens is 2. The van der Waals surface area contributed by atoms with Gasteiger partial charge in [-0.05, 0) is 9.05 Å². The van der Waals surface area contributed by atoms with E-state index >= 15 is 0 Å². The summed E-state index contributed by atoms with van der Waals surface area (Å²) in [5, 5.41) is 1.25. The van der Waals surface area contributed by atoms with E-state index in [9.17, 15) is 0 Å². The molecule has 0 bridgehead atoms. The molecule has 6 heavy (non-hydrogen) atoms. The van der Waals surface area contributed by atoms with Crippen LogP contribution in [-0.2, 0) is 44.0 Å². The van der Waals surface area contributed by atoms with Crippen molar-refractivity contribution in [2.24, 2.45) is 0 Å². The van der Waals surface area contributed by atoms with Crippen molar-refractivity contribution in [3.8, 4) is 0 Å². The molecule has 0 amide bonds. The van der Waals surface area contributed by atoms with Crippen LogP contribution in [-0.4, -0.2) is 18.9 Å². The largest absolute Gasteiger partial charge is 0.0209 e. The summed E-state index contributed by atoms with van der Waals surface area (Å²) in [5.74, 6) is 0. The van der Waals surface area contributed by atoms with Crippen LogP contribution in [0.3, 0.4) is 0 Å². The predicted octanol–water partition coefficient (Wildman–Crippen LogP) is 0.386. The molecule has 0 aliphatic carbocycles. The van der Waals surface area contributed by atoms with Gasteiger partial charge >= 0.3 is 0 Å². The van der Waals surface area contributed by atoms with Gasteiger partial charge in [-0.3, -0.25) is 0 Å². The van der Waals surface area contributed by atoms with Crippen LogP contribution in [0.1, 0.15) is 0 Å². The minimum absolute atomic E-state index is 0. The molecule has 6 heteroatoms. The molecule has 0 heterocycles. The quantitative estimate of drug-likeness (QED) is 0.528. The maximum atomic E-state index is 9.12. The second-order valence-electron chi connectivity index (χ2n) is 0.0583. The van der Waals surface area contributed by atoms with Gasteiger partial charge in [0.1, 0.15) is 0 Å². The van der Waals surface area contributed by atoms with Crippen LogP contribution in [0.15, 0.2) is 0 Å². The third-order valence-corrected chi connectivity index (χ3v) is 0. The molecule has 0 fully saturated rings. The summed E-state index contributed by atoms with van der Waals surface area (Å²) in [4.78, 5) is 0. The molecule has 0 saturated carbocycles. The summed E-state index contributed by atoms with van der Waals surface area (Å²) in [6.07, 6.45) is 0. The molecule has 0 rings (SSSR count). The standard InChI is InChI=1S/F2O.Li.Nb.Ni/c1-3-2;;;. The number of hydrogen-bond acceptors (Lipinski definition) is 1. The van der Waals surface area contributed by atoms with Crippen molar-refractivity contribution in [2.45, 2.75) is 0 Å². The summed E-state index contributed by atoms with van der Waals surface area (Å²) < 4.78 is 18.2. The van der Waals surface area contributed by atoms with Crippen LogP contribution in [0.5, 0.6) is 0 Å². The maximum Gasteiger partial charge on any atom is 0.0209 e. The number of rotatable bonds is 0. The van der Waals surface area contributed by atoms with Gasteiger partial charge in [0.15, 0.2) is 0 Å². The van der Waals surface area contributed by atoms with Gasteiger partial charge in [0.25, 0.3) is 0 Å². The normalized spacial score (nSPS) is 3.00. The fourth-order valence-electron chi connectivity index (χ4n) is 0. The van der Waals surface area contributed by atoms with Crippen LogP contribution in [0.25, 0.3) is 0 Å². The molecule has 0 aliphatic heterocycles. The van der Waals surface area contributed by atoms with E-state index in [4.69, 9.17) is 9.05 Å². The van der Waals surface area contributed by atoms with E-state index in [-0.39, 0.29) is 57.7 Å². The molecule has 0 saturated heterocycles. The van der Waals surface area contributed by atoms with Gasteiger partial charge in [-0.25, -0.2) is 0 Å². The summed E-state index contributed by atoms with van der Waals surface area (Å²) >= 11 is 0. The van der Waals surface area contributed by atoms with Crippen molar-refractivity contribution in [3.63, 3.8) is 0 Å². The second kappa shape index (κ2) is 30.2. The zero-order chi connectivity index (χ0) is 2.71. The molecule has 0 aromatic heterocycles. The first-order valence-corrected chi connectivity index (χ1v) is 0.309. The van der Waals surface area contributed by atoms with Gasteiger partial charge in [0.2, 0.25) is 0 Å². The van der Waals surface area contributed by atoms with Gasteiger partial charge in [-0.15, -0.1) is 0 Å². The van der Waals surface area contributed by atoms with Gasteiger partial charge < -0.3 is 0 Å². The van der Waals surface area contributed by atoms with E-state index in [1.54, 1.807) is 0 Å². The van der Waals surface area contributed by atoms with Crippen molar-refractivity contribution < 1.29 is 53.1 Å². The van der Waals surface area contributed by atoms with Gasteiger partial charge in [-0.1, -0.05) is 0 Å². The van der Waals surface area contributed by atoms with Gasteiger partial charge in [0, 0.05) is 62.9 Å². The van der Waals surface area contributed by atoms with Crippen molar-refractivity contribution in [2.75, 3.05) is 0 Å². The molecule has 0 spiro atoms. The Morgan fingerprint density at radius 1 is 1.17 bits per heavy atom. The first-order chi connectivity index (χ1) is 1.41. The summed E-state index contributed by atoms with van der Waals surface area (Å²) in [5.41, 5.74) is 0. The Morgan fingerprint density at radius 2 is 1.17 bits per heavy atom. The molecule has 0 atom stereocenters. The van der Waals surface area contributed by atoms with Crippen LogP contribution in [0.2, 0.25) is 0 Å². The predicted molar refractivity (Wildman–Crippen MR) is 9.05 cm³/mol. The van der Waals surface area contributed by atoms with E-state index < -0.39 is 0 Å². The number of hydrogen-bond donors (Lipinski definition) is 0. The molecule has 1 nitrogen and oxygen atoms in total. The molecule has 2 radical (unpaired) electrons. The van der Waals surface area contributed by atoms with E-state index in [2.05, 4.69) is 0 Å². The monoisotopic (exact) mass is 212 g/mol. The molecule has 0 aromatic rings. The Bertz CT molecular complexity index is 13.5. The van der Waals surface area contributed by atoms with Crippen molar-refractivity contribution in [1.29, 1.82) is 0 Å². The topological polar surface area (TPSA) is 9.23 Å². The molecular formula is F2LiNbNiO. The summed E-state index contributed by atoms with van der Waals surface area (Å²) in [6, 6.07) is 0. The summed E-state index contributed by atoms with van der Waals surface area (Å²) in [6.45, 7) is 0. The summed E-state index contributed by atoms with van der Waals surface area (Å²) in [7, 11) is 0. The van der Waals surface area contributed by atoms with Crippen LogP contribution in [0.4, 0.5) is 9.05 Å². The third kappa shape index (κ3) is 44.8. The third-order valence-electron chi connectivity index (χ3n) is 0. The first-order valence-electron chi connectivity index (χ1n) is 0.309. The molecular weight excluding hydrogens is 213 g/mol. The van der Waals surface area contributed by atoms with Crippen LogP contribution in [0, 0.1) is 0 Å². The SMILES string of the molecule is FOF.[Li].[Nb].[Ni]. The fourth-order valence-corrected chi connectivity index (χ4v) is 0. The van der Waals surface area contributed by atoms with Gasteiger partial charge in [-0.2, -0.15) is 0 Å². The molecule has 0 N–H and O–H groups in total.